The molecule has 0 heterocycles. The predicted molar refractivity (Wildman–Crippen MR) is 127 cm³/mol. The zero-order valence-electron chi connectivity index (χ0n) is 20.2. The van der Waals surface area contributed by atoms with Crippen LogP contribution in [0.3, 0.4) is 0 Å². The molecule has 3 N–H and O–H groups in total. The van der Waals surface area contributed by atoms with E-state index < -0.39 is 23.7 Å². The number of hydrogen-bond donors (Lipinski definition) is 3. The Hall–Kier alpha value is 0.0387. The molecule has 166 valence electrons. The lowest BCUT2D eigenvalue weighted by atomic mass is 9.86. The number of rotatable bonds is 11. The van der Waals surface area contributed by atoms with Crippen molar-refractivity contribution in [1.82, 2.24) is 5.23 Å². The fourth-order valence-corrected chi connectivity index (χ4v) is 4.45. The van der Waals surface area contributed by atoms with E-state index in [1.807, 2.05) is 12.2 Å². The Morgan fingerprint density at radius 2 is 1.50 bits per heavy atom. The molecule has 8 heteroatoms. The molecule has 0 aliphatic heterocycles. The van der Waals surface area contributed by atoms with Gasteiger partial charge in [0.25, 0.3) is 0 Å². The summed E-state index contributed by atoms with van der Waals surface area (Å²) in [7, 11) is -4.62. The van der Waals surface area contributed by atoms with Crippen molar-refractivity contribution >= 4 is 23.7 Å². The fraction of sp³-hybridized carbons (Fsp3) is 0.900. The molecule has 0 radical (unpaired) electrons. The third kappa shape index (κ3) is 9.24. The Morgan fingerprint density at radius 1 is 1.00 bits per heavy atom. The molecule has 0 rings (SSSR count). The molecule has 0 fully saturated rings. The highest BCUT2D eigenvalue weighted by Gasteiger charge is 2.42. The van der Waals surface area contributed by atoms with Crippen LogP contribution >= 0.6 is 0 Å². The summed E-state index contributed by atoms with van der Waals surface area (Å²) in [6.45, 7) is 24.6. The van der Waals surface area contributed by atoms with Gasteiger partial charge in [-0.25, -0.2) is 0 Å². The van der Waals surface area contributed by atoms with E-state index in [2.05, 4.69) is 73.0 Å². The van der Waals surface area contributed by atoms with E-state index in [9.17, 15) is 5.02 Å². The number of hydrogen-bond acceptors (Lipinski definition) is 5. The quantitative estimate of drug-likeness (QED) is 0.334. The molecule has 0 aromatic rings. The number of nitrogens with one attached hydrogen (secondary N) is 1. The molecule has 0 aromatic carbocycles. The number of aliphatic hydroxyl groups is 1. The summed E-state index contributed by atoms with van der Waals surface area (Å²) in [5, 5.41) is 22.6. The van der Waals surface area contributed by atoms with E-state index in [0.29, 0.717) is 13.0 Å². The van der Waals surface area contributed by atoms with Crippen molar-refractivity contribution in [1.29, 1.82) is 0 Å². The number of aliphatic hydroxyl groups excluding tert-OH is 1. The third-order valence-corrected chi connectivity index (χ3v) is 15.1. The summed E-state index contributed by atoms with van der Waals surface area (Å²) in [5.41, 5.74) is 0. The van der Waals surface area contributed by atoms with Crippen molar-refractivity contribution in [2.75, 3.05) is 13.2 Å². The van der Waals surface area contributed by atoms with Crippen LogP contribution in [0.2, 0.25) is 43.1 Å². The van der Waals surface area contributed by atoms with Crippen molar-refractivity contribution in [2.24, 2.45) is 0 Å². The normalized spacial score (nSPS) is 16.5. The SMILES string of the molecule is CB(O)N[C@H](CO[Si](C)(C)C(C)(C)C)[C@@H](/C=C/CCO)O[Si](C)(C)C(C)(C)C. The van der Waals surface area contributed by atoms with Gasteiger partial charge >= 0.3 is 7.05 Å². The molecule has 0 saturated carbocycles. The van der Waals surface area contributed by atoms with Crippen LogP contribution in [0.25, 0.3) is 0 Å². The Kier molecular flexibility index (Phi) is 10.9. The van der Waals surface area contributed by atoms with E-state index in [4.69, 9.17) is 14.0 Å². The van der Waals surface area contributed by atoms with Gasteiger partial charge in [0.2, 0.25) is 0 Å². The van der Waals surface area contributed by atoms with Crippen LogP contribution in [0.5, 0.6) is 0 Å². The lowest BCUT2D eigenvalue weighted by Gasteiger charge is -2.42. The lowest BCUT2D eigenvalue weighted by Crippen LogP contribution is -2.56. The summed E-state index contributed by atoms with van der Waals surface area (Å²) < 4.78 is 13.2. The summed E-state index contributed by atoms with van der Waals surface area (Å²) in [6, 6.07) is -0.168. The second-order valence-electron chi connectivity index (χ2n) is 10.8. The standard InChI is InChI=1S/C20H46BNO4Si2/c1-19(2,3)27(8,9)25-16-17(22-21(7)24)18(14-12-13-15-23)26-28(10,11)20(4,5)6/h12,14,17-18,22-24H,13,15-16H2,1-11H3/b14-12+/t17-,18-/m1/s1. The van der Waals surface area contributed by atoms with Gasteiger partial charge in [-0.3, -0.25) is 0 Å². The average Bonchev–Trinajstić information content (AvgIpc) is 2.48. The monoisotopic (exact) mass is 431 g/mol. The third-order valence-electron chi connectivity index (χ3n) is 6.14. The Bertz CT molecular complexity index is 486. The van der Waals surface area contributed by atoms with Crippen LogP contribution in [0, 0.1) is 0 Å². The van der Waals surface area contributed by atoms with Crippen LogP contribution in [0.1, 0.15) is 48.0 Å². The lowest BCUT2D eigenvalue weighted by molar-refractivity contribution is 0.140. The van der Waals surface area contributed by atoms with Crippen LogP contribution in [-0.2, 0) is 8.85 Å². The Labute approximate surface area is 176 Å². The van der Waals surface area contributed by atoms with Gasteiger partial charge in [-0.1, -0.05) is 53.7 Å². The largest absolute Gasteiger partial charge is 0.437 e. The smallest absolute Gasteiger partial charge is 0.373 e. The Morgan fingerprint density at radius 3 is 1.89 bits per heavy atom. The van der Waals surface area contributed by atoms with Gasteiger partial charge in [0, 0.05) is 6.61 Å². The van der Waals surface area contributed by atoms with E-state index in [0.717, 1.165) is 0 Å². The van der Waals surface area contributed by atoms with E-state index >= 15 is 0 Å². The first-order chi connectivity index (χ1) is 12.4. The van der Waals surface area contributed by atoms with Gasteiger partial charge < -0.3 is 24.2 Å². The zero-order chi connectivity index (χ0) is 22.4. The first-order valence-corrected chi connectivity index (χ1v) is 16.3. The maximum Gasteiger partial charge on any atom is 0.373 e. The molecule has 0 aliphatic rings. The van der Waals surface area contributed by atoms with Crippen LogP contribution in [0.15, 0.2) is 12.2 Å². The molecule has 0 aromatic heterocycles. The second kappa shape index (κ2) is 10.9. The first kappa shape index (κ1) is 28.0. The van der Waals surface area contributed by atoms with Gasteiger partial charge in [0.15, 0.2) is 16.6 Å². The van der Waals surface area contributed by atoms with Gasteiger partial charge in [-0.05, 0) is 49.5 Å². The van der Waals surface area contributed by atoms with Crippen molar-refractivity contribution in [3.05, 3.63) is 12.2 Å². The first-order valence-electron chi connectivity index (χ1n) is 10.5. The minimum absolute atomic E-state index is 0.0751. The van der Waals surface area contributed by atoms with E-state index in [-0.39, 0.29) is 28.8 Å². The summed E-state index contributed by atoms with van der Waals surface area (Å²) in [5.74, 6) is 0. The Balaban J connectivity index is 5.66. The van der Waals surface area contributed by atoms with Gasteiger partial charge in [-0.2, -0.15) is 0 Å². The molecule has 5 nitrogen and oxygen atoms in total. The minimum Gasteiger partial charge on any atom is -0.437 e. The molecule has 0 aliphatic carbocycles. The van der Waals surface area contributed by atoms with Crippen molar-refractivity contribution < 1.29 is 19.0 Å². The fourth-order valence-electron chi connectivity index (χ4n) is 2.14. The van der Waals surface area contributed by atoms with Crippen molar-refractivity contribution in [2.45, 2.75) is 103 Å². The van der Waals surface area contributed by atoms with Gasteiger partial charge in [0.05, 0.1) is 18.8 Å². The van der Waals surface area contributed by atoms with Crippen molar-refractivity contribution in [3.8, 4) is 0 Å². The zero-order valence-corrected chi connectivity index (χ0v) is 22.2. The molecular formula is C20H46BNO4Si2. The topological polar surface area (TPSA) is 71.0 Å². The molecule has 0 amide bonds. The maximum absolute atomic E-state index is 10.0. The predicted octanol–water partition coefficient (Wildman–Crippen LogP) is 4.41. The van der Waals surface area contributed by atoms with Crippen LogP contribution < -0.4 is 5.23 Å². The average molecular weight is 432 g/mol. The van der Waals surface area contributed by atoms with Crippen LogP contribution in [0.4, 0.5) is 0 Å². The second-order valence-corrected chi connectivity index (χ2v) is 20.4. The molecule has 28 heavy (non-hydrogen) atoms. The summed E-state index contributed by atoms with van der Waals surface area (Å²) in [6.07, 6.45) is 4.33. The van der Waals surface area contributed by atoms with E-state index in [1.165, 1.54) is 0 Å². The highest BCUT2D eigenvalue weighted by atomic mass is 28.4. The summed E-state index contributed by atoms with van der Waals surface area (Å²) >= 11 is 0. The molecule has 0 spiro atoms. The molecule has 2 atom stereocenters. The highest BCUT2D eigenvalue weighted by molar-refractivity contribution is 6.74. The van der Waals surface area contributed by atoms with Gasteiger partial charge in [0.1, 0.15) is 0 Å². The molecule has 0 unspecified atom stereocenters. The minimum atomic E-state index is -2.03. The summed E-state index contributed by atoms with van der Waals surface area (Å²) in [4.78, 5) is 0. The molecule has 0 saturated heterocycles. The van der Waals surface area contributed by atoms with Gasteiger partial charge in [-0.15, -0.1) is 0 Å². The highest BCUT2D eigenvalue weighted by Crippen LogP contribution is 2.39. The van der Waals surface area contributed by atoms with Crippen molar-refractivity contribution in [3.63, 3.8) is 0 Å². The van der Waals surface area contributed by atoms with Crippen LogP contribution in [-0.4, -0.2) is 59.2 Å². The van der Waals surface area contributed by atoms with E-state index in [1.54, 1.807) is 6.82 Å². The maximum atomic E-state index is 10.0. The molecule has 0 bridgehead atoms. The molecular weight excluding hydrogens is 385 g/mol.